The van der Waals surface area contributed by atoms with E-state index in [2.05, 4.69) is 22.1 Å². The van der Waals surface area contributed by atoms with Crippen LogP contribution in [0.3, 0.4) is 0 Å². The molecule has 0 aliphatic heterocycles. The van der Waals surface area contributed by atoms with Gasteiger partial charge in [-0.3, -0.25) is 20.0 Å². The van der Waals surface area contributed by atoms with Gasteiger partial charge < -0.3 is 0 Å². The minimum absolute atomic E-state index is 0.531. The molecule has 4 aliphatic carbocycles. The molecular weight excluding hydrogens is 368 g/mol. The van der Waals surface area contributed by atoms with Gasteiger partial charge in [0.15, 0.2) is 0 Å². The van der Waals surface area contributed by atoms with Crippen LogP contribution in [0.5, 0.6) is 0 Å². The topological polar surface area (TPSA) is 50.5 Å². The Morgan fingerprint density at radius 3 is 1.73 bits per heavy atom. The summed E-state index contributed by atoms with van der Waals surface area (Å²) in [6, 6.07) is 8.09. The summed E-state index contributed by atoms with van der Waals surface area (Å²) in [6.45, 7) is 1.90. The number of aliphatic imine (C=N–C) groups is 2. The maximum Gasteiger partial charge on any atom is 0.0394 e. The molecule has 0 N–H and O–H groups in total. The molecule has 0 radical (unpaired) electrons. The van der Waals surface area contributed by atoms with Crippen molar-refractivity contribution in [2.75, 3.05) is 13.1 Å². The summed E-state index contributed by atoms with van der Waals surface area (Å²) in [6.07, 6.45) is 22.5. The average Bonchev–Trinajstić information content (AvgIpc) is 2.75. The largest absolute Gasteiger partial charge is 0.292 e. The Labute approximate surface area is 180 Å². The lowest BCUT2D eigenvalue weighted by atomic mass is 9.43. The molecule has 0 spiro atoms. The molecule has 0 amide bonds. The highest BCUT2D eigenvalue weighted by Crippen LogP contribution is 2.67. The van der Waals surface area contributed by atoms with Gasteiger partial charge in [-0.1, -0.05) is 12.1 Å². The number of pyridine rings is 2. The zero-order valence-electron chi connectivity index (χ0n) is 17.8. The molecule has 4 bridgehead atoms. The van der Waals surface area contributed by atoms with Crippen LogP contribution in [0.15, 0.2) is 59.0 Å². The number of hydrogen-bond acceptors (Lipinski definition) is 4. The van der Waals surface area contributed by atoms with Crippen molar-refractivity contribution in [1.29, 1.82) is 0 Å². The van der Waals surface area contributed by atoms with Gasteiger partial charge in [0, 0.05) is 61.4 Å². The zero-order chi connectivity index (χ0) is 20.3. The molecular formula is C26H32N4. The number of rotatable bonds is 8. The highest BCUT2D eigenvalue weighted by molar-refractivity contribution is 5.79. The summed E-state index contributed by atoms with van der Waals surface area (Å²) in [4.78, 5) is 17.9. The van der Waals surface area contributed by atoms with E-state index >= 15 is 0 Å². The monoisotopic (exact) mass is 400 g/mol. The molecule has 4 nitrogen and oxygen atoms in total. The molecule has 2 heterocycles. The third-order valence-corrected chi connectivity index (χ3v) is 7.70. The number of nitrogens with zero attached hydrogens (tertiary/aromatic N) is 4. The van der Waals surface area contributed by atoms with Gasteiger partial charge in [0.25, 0.3) is 0 Å². The molecule has 4 fully saturated rings. The maximum atomic E-state index is 4.75. The van der Waals surface area contributed by atoms with Crippen molar-refractivity contribution in [3.05, 3.63) is 60.2 Å². The van der Waals surface area contributed by atoms with Gasteiger partial charge in [-0.25, -0.2) is 0 Å². The summed E-state index contributed by atoms with van der Waals surface area (Å²) >= 11 is 0. The lowest BCUT2D eigenvalue weighted by molar-refractivity contribution is -0.115. The second kappa shape index (κ2) is 8.41. The molecule has 0 aromatic carbocycles. The molecule has 0 unspecified atom stereocenters. The normalized spacial score (nSPS) is 32.4. The summed E-state index contributed by atoms with van der Waals surface area (Å²) < 4.78 is 0. The van der Waals surface area contributed by atoms with Crippen molar-refractivity contribution >= 4 is 12.4 Å². The van der Waals surface area contributed by atoms with Gasteiger partial charge in [-0.05, 0) is 86.2 Å². The van der Waals surface area contributed by atoms with Crippen LogP contribution in [0.4, 0.5) is 0 Å². The second-order valence-electron chi connectivity index (χ2n) is 10.1. The standard InChI is InChI=1S/C26H32N4/c1-3-21(16-27-7-1)18-29-9-5-25-12-23-11-24(13-25)15-26(14-23,20-25)6-10-30-19-22-4-2-8-28-17-22/h1-4,7-8,16-19,23-24H,5-6,9-15,20H2. The summed E-state index contributed by atoms with van der Waals surface area (Å²) in [5.74, 6) is 1.88. The van der Waals surface area contributed by atoms with Crippen LogP contribution in [0.1, 0.15) is 62.5 Å². The zero-order valence-corrected chi connectivity index (χ0v) is 17.8. The minimum Gasteiger partial charge on any atom is -0.292 e. The maximum absolute atomic E-state index is 4.75. The van der Waals surface area contributed by atoms with Crippen LogP contribution in [-0.2, 0) is 0 Å². The van der Waals surface area contributed by atoms with Gasteiger partial charge >= 0.3 is 0 Å². The second-order valence-corrected chi connectivity index (χ2v) is 10.1. The summed E-state index contributed by atoms with van der Waals surface area (Å²) in [5.41, 5.74) is 3.27. The third-order valence-electron chi connectivity index (χ3n) is 7.70. The number of hydrogen-bond donors (Lipinski definition) is 0. The van der Waals surface area contributed by atoms with Crippen molar-refractivity contribution in [2.24, 2.45) is 32.7 Å². The smallest absolute Gasteiger partial charge is 0.0394 e. The molecule has 4 saturated carbocycles. The van der Waals surface area contributed by atoms with E-state index in [1.54, 1.807) is 0 Å². The Kier molecular flexibility index (Phi) is 5.49. The lowest BCUT2D eigenvalue weighted by Gasteiger charge is -2.62. The van der Waals surface area contributed by atoms with Gasteiger partial charge in [-0.15, -0.1) is 0 Å². The highest BCUT2D eigenvalue weighted by atomic mass is 14.7. The first-order valence-corrected chi connectivity index (χ1v) is 11.5. The van der Waals surface area contributed by atoms with E-state index in [0.29, 0.717) is 10.8 Å². The predicted octanol–water partition coefficient (Wildman–Crippen LogP) is 5.38. The van der Waals surface area contributed by atoms with Crippen molar-refractivity contribution in [3.8, 4) is 0 Å². The predicted molar refractivity (Wildman–Crippen MR) is 122 cm³/mol. The van der Waals surface area contributed by atoms with E-state index < -0.39 is 0 Å². The quantitative estimate of drug-likeness (QED) is 0.559. The Balaban J connectivity index is 1.20. The van der Waals surface area contributed by atoms with E-state index in [0.717, 1.165) is 36.1 Å². The van der Waals surface area contributed by atoms with E-state index in [4.69, 9.17) is 9.98 Å². The first-order valence-electron chi connectivity index (χ1n) is 11.5. The molecule has 2 aromatic rings. The fraction of sp³-hybridized carbons (Fsp3) is 0.538. The molecule has 4 heteroatoms. The Bertz CT molecular complexity index is 804. The Morgan fingerprint density at radius 1 is 0.800 bits per heavy atom. The van der Waals surface area contributed by atoms with Crippen LogP contribution in [0.25, 0.3) is 0 Å². The first-order chi connectivity index (χ1) is 14.7. The van der Waals surface area contributed by atoms with E-state index in [1.165, 1.54) is 51.4 Å². The van der Waals surface area contributed by atoms with Gasteiger partial charge in [0.2, 0.25) is 0 Å². The highest BCUT2D eigenvalue weighted by Gasteiger charge is 2.56. The van der Waals surface area contributed by atoms with Crippen LogP contribution in [-0.4, -0.2) is 35.5 Å². The van der Waals surface area contributed by atoms with E-state index in [1.807, 2.05) is 49.3 Å². The van der Waals surface area contributed by atoms with Gasteiger partial charge in [0.1, 0.15) is 0 Å². The van der Waals surface area contributed by atoms with Gasteiger partial charge in [0.05, 0.1) is 0 Å². The number of aromatic nitrogens is 2. The first kappa shape index (κ1) is 19.6. The minimum atomic E-state index is 0.531. The third kappa shape index (κ3) is 4.38. The molecule has 4 aliphatic rings. The lowest BCUT2D eigenvalue weighted by Crippen LogP contribution is -2.52. The van der Waals surface area contributed by atoms with Crippen LogP contribution in [0, 0.1) is 22.7 Å². The molecule has 30 heavy (non-hydrogen) atoms. The molecule has 2 aromatic heterocycles. The Hall–Kier alpha value is -2.36. The molecule has 0 saturated heterocycles. The Morgan fingerprint density at radius 2 is 1.30 bits per heavy atom. The fourth-order valence-corrected chi connectivity index (χ4v) is 7.08. The average molecular weight is 401 g/mol. The molecule has 6 rings (SSSR count). The van der Waals surface area contributed by atoms with Crippen molar-refractivity contribution < 1.29 is 0 Å². The van der Waals surface area contributed by atoms with Crippen molar-refractivity contribution in [1.82, 2.24) is 9.97 Å². The van der Waals surface area contributed by atoms with Crippen molar-refractivity contribution in [2.45, 2.75) is 51.4 Å². The van der Waals surface area contributed by atoms with E-state index in [9.17, 15) is 0 Å². The van der Waals surface area contributed by atoms with Crippen LogP contribution in [0.2, 0.25) is 0 Å². The molecule has 156 valence electrons. The van der Waals surface area contributed by atoms with Crippen LogP contribution < -0.4 is 0 Å². The summed E-state index contributed by atoms with van der Waals surface area (Å²) in [7, 11) is 0. The summed E-state index contributed by atoms with van der Waals surface area (Å²) in [5, 5.41) is 0. The van der Waals surface area contributed by atoms with Crippen molar-refractivity contribution in [3.63, 3.8) is 0 Å². The fourth-order valence-electron chi connectivity index (χ4n) is 7.08. The van der Waals surface area contributed by atoms with Crippen LogP contribution >= 0.6 is 0 Å². The van der Waals surface area contributed by atoms with E-state index in [-0.39, 0.29) is 0 Å². The van der Waals surface area contributed by atoms with Gasteiger partial charge in [-0.2, -0.15) is 0 Å². The molecule has 0 atom stereocenters. The SMILES string of the molecule is C(=NCCC12CC3CC(C1)CC(CCN=Cc1cccnc1)(C3)C2)c1cccnc1.